The first-order valence-electron chi connectivity index (χ1n) is 3.53. The molecule has 1 aromatic rings. The van der Waals surface area contributed by atoms with Crippen molar-refractivity contribution in [2.75, 3.05) is 0 Å². The van der Waals surface area contributed by atoms with Crippen molar-refractivity contribution in [1.29, 1.82) is 0 Å². The smallest absolute Gasteiger partial charge is 0.328 e. The van der Waals surface area contributed by atoms with Crippen LogP contribution in [0, 0.1) is 6.92 Å². The first kappa shape index (κ1) is 9.83. The monoisotopic (exact) mass is 190 g/mol. The van der Waals surface area contributed by atoms with Crippen LogP contribution in [0.15, 0.2) is 17.1 Å². The Balaban J connectivity index is 3.28. The molecule has 0 aliphatic carbocycles. The molecule has 1 radical (unpaired) electrons. The fraction of sp³-hybridized carbons (Fsp3) is 0.250. The standard InChI is InChI=1S/C8H7F3NO/c1-2-5-3-6(8(9,10)11)7(13)12-4-5/h3-4H,1-2H2,(H,12,13). The molecule has 0 spiro atoms. The van der Waals surface area contributed by atoms with Gasteiger partial charge < -0.3 is 4.98 Å². The van der Waals surface area contributed by atoms with Crippen LogP contribution in [-0.4, -0.2) is 4.98 Å². The number of pyridine rings is 1. The molecule has 0 amide bonds. The Labute approximate surface area is 72.4 Å². The van der Waals surface area contributed by atoms with Crippen LogP contribution in [0.2, 0.25) is 0 Å². The lowest BCUT2D eigenvalue weighted by Crippen LogP contribution is -2.21. The highest BCUT2D eigenvalue weighted by Crippen LogP contribution is 2.26. The molecule has 1 heterocycles. The summed E-state index contributed by atoms with van der Waals surface area (Å²) in [5, 5.41) is 0. The zero-order valence-electron chi connectivity index (χ0n) is 6.61. The van der Waals surface area contributed by atoms with Crippen molar-refractivity contribution in [3.05, 3.63) is 40.7 Å². The van der Waals surface area contributed by atoms with E-state index in [0.29, 0.717) is 5.56 Å². The Morgan fingerprint density at radius 2 is 2.08 bits per heavy atom. The van der Waals surface area contributed by atoms with Gasteiger partial charge in [0.05, 0.1) is 0 Å². The highest BCUT2D eigenvalue weighted by Gasteiger charge is 2.33. The van der Waals surface area contributed by atoms with Gasteiger partial charge in [-0.15, -0.1) is 0 Å². The van der Waals surface area contributed by atoms with Gasteiger partial charge in [-0.2, -0.15) is 13.2 Å². The maximum absolute atomic E-state index is 12.1. The highest BCUT2D eigenvalue weighted by molar-refractivity contribution is 5.21. The topological polar surface area (TPSA) is 32.9 Å². The molecule has 5 heteroatoms. The first-order chi connectivity index (χ1) is 5.95. The van der Waals surface area contributed by atoms with Crippen LogP contribution < -0.4 is 5.56 Å². The molecule has 0 bridgehead atoms. The van der Waals surface area contributed by atoms with Gasteiger partial charge in [0, 0.05) is 6.20 Å². The van der Waals surface area contributed by atoms with Gasteiger partial charge in [0.25, 0.3) is 5.56 Å². The molecule has 1 aromatic heterocycles. The molecule has 0 saturated carbocycles. The van der Waals surface area contributed by atoms with Crippen molar-refractivity contribution in [3.8, 4) is 0 Å². The molecule has 1 N–H and O–H groups in total. The van der Waals surface area contributed by atoms with Crippen molar-refractivity contribution in [3.63, 3.8) is 0 Å². The number of hydrogen-bond acceptors (Lipinski definition) is 1. The van der Waals surface area contributed by atoms with Crippen LogP contribution >= 0.6 is 0 Å². The minimum atomic E-state index is -4.60. The zero-order chi connectivity index (χ0) is 10.1. The molecule has 0 fully saturated rings. The van der Waals surface area contributed by atoms with E-state index < -0.39 is 17.3 Å². The van der Waals surface area contributed by atoms with Gasteiger partial charge in [-0.25, -0.2) is 0 Å². The summed E-state index contributed by atoms with van der Waals surface area (Å²) in [6.07, 6.45) is -3.16. The van der Waals surface area contributed by atoms with E-state index in [2.05, 4.69) is 6.92 Å². The van der Waals surface area contributed by atoms with Crippen molar-refractivity contribution >= 4 is 0 Å². The summed E-state index contributed by atoms with van der Waals surface area (Å²) < 4.78 is 36.4. The Morgan fingerprint density at radius 1 is 1.46 bits per heavy atom. The number of aromatic amines is 1. The van der Waals surface area contributed by atoms with Crippen molar-refractivity contribution in [2.45, 2.75) is 12.6 Å². The van der Waals surface area contributed by atoms with Gasteiger partial charge in [-0.3, -0.25) is 4.79 Å². The van der Waals surface area contributed by atoms with Crippen LogP contribution in [0.3, 0.4) is 0 Å². The summed E-state index contributed by atoms with van der Waals surface area (Å²) in [6.45, 7) is 3.42. The summed E-state index contributed by atoms with van der Waals surface area (Å²) in [5.41, 5.74) is -1.94. The summed E-state index contributed by atoms with van der Waals surface area (Å²) in [6, 6.07) is 0.811. The third-order valence-corrected chi connectivity index (χ3v) is 1.56. The highest BCUT2D eigenvalue weighted by atomic mass is 19.4. The van der Waals surface area contributed by atoms with E-state index in [1.165, 1.54) is 6.20 Å². The van der Waals surface area contributed by atoms with E-state index in [0.717, 1.165) is 6.07 Å². The Morgan fingerprint density at radius 3 is 2.54 bits per heavy atom. The lowest BCUT2D eigenvalue weighted by molar-refractivity contribution is -0.138. The number of H-pyrrole nitrogens is 1. The average molecular weight is 190 g/mol. The third kappa shape index (κ3) is 2.11. The zero-order valence-corrected chi connectivity index (χ0v) is 6.61. The molecule has 0 saturated heterocycles. The quantitative estimate of drug-likeness (QED) is 0.719. The van der Waals surface area contributed by atoms with Gasteiger partial charge in [0.2, 0.25) is 0 Å². The molecule has 0 aliphatic rings. The summed E-state index contributed by atoms with van der Waals surface area (Å²) in [4.78, 5) is 12.7. The molecule has 0 atom stereocenters. The summed E-state index contributed by atoms with van der Waals surface area (Å²) in [7, 11) is 0. The summed E-state index contributed by atoms with van der Waals surface area (Å²) in [5.74, 6) is 0. The minimum absolute atomic E-state index is 0.208. The van der Waals surface area contributed by atoms with Crippen molar-refractivity contribution in [1.82, 2.24) is 4.98 Å². The number of nitrogens with one attached hydrogen (secondary N) is 1. The molecule has 0 aliphatic heterocycles. The first-order valence-corrected chi connectivity index (χ1v) is 3.53. The number of aromatic nitrogens is 1. The van der Waals surface area contributed by atoms with Crippen molar-refractivity contribution in [2.24, 2.45) is 0 Å². The minimum Gasteiger partial charge on any atom is -0.328 e. The Bertz CT molecular complexity index is 353. The van der Waals surface area contributed by atoms with E-state index in [9.17, 15) is 18.0 Å². The fourth-order valence-electron chi connectivity index (χ4n) is 0.884. The van der Waals surface area contributed by atoms with Gasteiger partial charge in [0.15, 0.2) is 0 Å². The second kappa shape index (κ2) is 3.24. The van der Waals surface area contributed by atoms with Gasteiger partial charge in [-0.05, 0) is 25.0 Å². The molecule has 0 aromatic carbocycles. The number of hydrogen-bond donors (Lipinski definition) is 1. The number of rotatable bonds is 1. The maximum Gasteiger partial charge on any atom is 0.421 e. The van der Waals surface area contributed by atoms with Crippen LogP contribution in [-0.2, 0) is 12.6 Å². The van der Waals surface area contributed by atoms with E-state index >= 15 is 0 Å². The second-order valence-corrected chi connectivity index (χ2v) is 2.50. The Hall–Kier alpha value is -1.26. The number of alkyl halides is 3. The average Bonchev–Trinajstić information content (AvgIpc) is 2.03. The number of halogens is 3. The normalized spacial score (nSPS) is 11.7. The SMILES string of the molecule is [CH2]Cc1c[nH]c(=O)c(C(F)(F)F)c1. The van der Waals surface area contributed by atoms with E-state index in [4.69, 9.17) is 0 Å². The second-order valence-electron chi connectivity index (χ2n) is 2.50. The molecule has 2 nitrogen and oxygen atoms in total. The van der Waals surface area contributed by atoms with Gasteiger partial charge in [-0.1, -0.05) is 0 Å². The molecule has 1 rings (SSSR count). The van der Waals surface area contributed by atoms with Crippen molar-refractivity contribution < 1.29 is 13.2 Å². The van der Waals surface area contributed by atoms with Crippen LogP contribution in [0.4, 0.5) is 13.2 Å². The molecular formula is C8H7F3NO. The predicted molar refractivity (Wildman–Crippen MR) is 41.1 cm³/mol. The lowest BCUT2D eigenvalue weighted by Gasteiger charge is -2.05. The van der Waals surface area contributed by atoms with E-state index in [1.807, 2.05) is 4.98 Å². The van der Waals surface area contributed by atoms with Gasteiger partial charge in [0.1, 0.15) is 5.56 Å². The van der Waals surface area contributed by atoms with Crippen LogP contribution in [0.25, 0.3) is 0 Å². The Kier molecular flexibility index (Phi) is 2.45. The molecular weight excluding hydrogens is 183 g/mol. The van der Waals surface area contributed by atoms with E-state index in [1.54, 1.807) is 0 Å². The fourth-order valence-corrected chi connectivity index (χ4v) is 0.884. The van der Waals surface area contributed by atoms with Gasteiger partial charge >= 0.3 is 6.18 Å². The summed E-state index contributed by atoms with van der Waals surface area (Å²) >= 11 is 0. The predicted octanol–water partition coefficient (Wildman–Crippen LogP) is 1.77. The molecule has 71 valence electrons. The third-order valence-electron chi connectivity index (χ3n) is 1.56. The lowest BCUT2D eigenvalue weighted by atomic mass is 10.1. The molecule has 0 unspecified atom stereocenters. The maximum atomic E-state index is 12.1. The molecule has 13 heavy (non-hydrogen) atoms. The van der Waals surface area contributed by atoms with Crippen LogP contribution in [0.5, 0.6) is 0 Å². The largest absolute Gasteiger partial charge is 0.421 e. The van der Waals surface area contributed by atoms with Crippen LogP contribution in [0.1, 0.15) is 11.1 Å². The van der Waals surface area contributed by atoms with E-state index in [-0.39, 0.29) is 6.42 Å².